The Morgan fingerprint density at radius 1 is 1.35 bits per heavy atom. The van der Waals surface area contributed by atoms with Crippen molar-refractivity contribution in [1.29, 1.82) is 0 Å². The predicted molar refractivity (Wildman–Crippen MR) is 63.9 cm³/mol. The highest BCUT2D eigenvalue weighted by molar-refractivity contribution is 5.51. The van der Waals surface area contributed by atoms with Gasteiger partial charge in [-0.25, -0.2) is 9.37 Å². The number of rotatable bonds is 4. The van der Waals surface area contributed by atoms with E-state index in [1.165, 1.54) is 6.08 Å². The smallest absolute Gasteiger partial charge is 0.126 e. The number of benzene rings is 1. The molecule has 0 aliphatic rings. The van der Waals surface area contributed by atoms with E-state index < -0.39 is 12.4 Å². The summed E-state index contributed by atoms with van der Waals surface area (Å²) < 4.78 is 14.8. The molecule has 1 aromatic heterocycles. The van der Waals surface area contributed by atoms with E-state index >= 15 is 0 Å². The maximum Gasteiger partial charge on any atom is 0.126 e. The first-order valence-electron chi connectivity index (χ1n) is 5.29. The van der Waals surface area contributed by atoms with Crippen LogP contribution in [0.3, 0.4) is 0 Å². The number of hydrogen-bond acceptors (Lipinski definition) is 2. The standard InChI is InChI=1S/C13H13FN2O/c14-13(9-17)7-11-1-3-12(4-2-11)8-16-6-5-15-10-16/h1-7,10,17H,8-9H2/b13-7-. The first-order valence-corrected chi connectivity index (χ1v) is 5.29. The van der Waals surface area contributed by atoms with E-state index in [1.807, 2.05) is 35.0 Å². The summed E-state index contributed by atoms with van der Waals surface area (Å²) in [5, 5.41) is 8.57. The van der Waals surface area contributed by atoms with Crippen LogP contribution in [0.25, 0.3) is 6.08 Å². The summed E-state index contributed by atoms with van der Waals surface area (Å²) in [6.07, 6.45) is 6.69. The van der Waals surface area contributed by atoms with Crippen LogP contribution in [0.5, 0.6) is 0 Å². The van der Waals surface area contributed by atoms with Crippen molar-refractivity contribution in [3.8, 4) is 0 Å². The van der Waals surface area contributed by atoms with Crippen LogP contribution in [0, 0.1) is 0 Å². The number of aromatic nitrogens is 2. The van der Waals surface area contributed by atoms with Gasteiger partial charge < -0.3 is 9.67 Å². The lowest BCUT2D eigenvalue weighted by molar-refractivity contribution is 0.300. The van der Waals surface area contributed by atoms with Crippen molar-refractivity contribution in [2.24, 2.45) is 0 Å². The highest BCUT2D eigenvalue weighted by Crippen LogP contribution is 2.10. The van der Waals surface area contributed by atoms with Crippen LogP contribution >= 0.6 is 0 Å². The predicted octanol–water partition coefficient (Wildman–Crippen LogP) is 2.23. The van der Waals surface area contributed by atoms with Gasteiger partial charge in [-0.1, -0.05) is 24.3 Å². The molecule has 0 amide bonds. The molecule has 88 valence electrons. The summed E-state index contributed by atoms with van der Waals surface area (Å²) in [7, 11) is 0. The Morgan fingerprint density at radius 2 is 2.12 bits per heavy atom. The van der Waals surface area contributed by atoms with Crippen LogP contribution in [0.4, 0.5) is 4.39 Å². The molecule has 0 saturated heterocycles. The fourth-order valence-electron chi connectivity index (χ4n) is 1.54. The molecule has 4 heteroatoms. The van der Waals surface area contributed by atoms with Crippen LogP contribution < -0.4 is 0 Å². The fraction of sp³-hybridized carbons (Fsp3) is 0.154. The molecule has 0 atom stereocenters. The Kier molecular flexibility index (Phi) is 3.67. The van der Waals surface area contributed by atoms with Crippen LogP contribution in [0.1, 0.15) is 11.1 Å². The number of aliphatic hydroxyl groups is 1. The van der Waals surface area contributed by atoms with Gasteiger partial charge in [-0.2, -0.15) is 0 Å². The zero-order valence-corrected chi connectivity index (χ0v) is 9.25. The minimum Gasteiger partial charge on any atom is -0.389 e. The molecule has 0 fully saturated rings. The topological polar surface area (TPSA) is 38.0 Å². The van der Waals surface area contributed by atoms with Crippen LogP contribution in [0.2, 0.25) is 0 Å². The van der Waals surface area contributed by atoms with Crippen LogP contribution in [-0.4, -0.2) is 21.3 Å². The zero-order chi connectivity index (χ0) is 12.1. The van der Waals surface area contributed by atoms with Crippen molar-refractivity contribution in [3.05, 3.63) is 59.9 Å². The monoisotopic (exact) mass is 232 g/mol. The fourth-order valence-corrected chi connectivity index (χ4v) is 1.54. The van der Waals surface area contributed by atoms with Gasteiger partial charge in [0.1, 0.15) is 5.83 Å². The van der Waals surface area contributed by atoms with Crippen molar-refractivity contribution in [2.45, 2.75) is 6.54 Å². The summed E-state index contributed by atoms with van der Waals surface area (Å²) in [5.41, 5.74) is 1.86. The van der Waals surface area contributed by atoms with Gasteiger partial charge in [-0.15, -0.1) is 0 Å². The second-order valence-corrected chi connectivity index (χ2v) is 3.73. The third-order valence-electron chi connectivity index (χ3n) is 2.38. The third-order valence-corrected chi connectivity index (χ3v) is 2.38. The van der Waals surface area contributed by atoms with Gasteiger partial charge in [0, 0.05) is 18.9 Å². The summed E-state index contributed by atoms with van der Waals surface area (Å²) >= 11 is 0. The average Bonchev–Trinajstić information content (AvgIpc) is 2.84. The lowest BCUT2D eigenvalue weighted by Crippen LogP contribution is -1.95. The molecule has 1 heterocycles. The molecule has 3 nitrogen and oxygen atoms in total. The van der Waals surface area contributed by atoms with E-state index in [-0.39, 0.29) is 0 Å². The van der Waals surface area contributed by atoms with E-state index in [0.29, 0.717) is 0 Å². The van der Waals surface area contributed by atoms with Gasteiger partial charge in [-0.05, 0) is 17.2 Å². The zero-order valence-electron chi connectivity index (χ0n) is 9.25. The number of imidazole rings is 1. The molecule has 1 N–H and O–H groups in total. The molecule has 0 saturated carbocycles. The molecule has 0 aliphatic heterocycles. The summed E-state index contributed by atoms with van der Waals surface area (Å²) in [5.74, 6) is -0.535. The van der Waals surface area contributed by atoms with Gasteiger partial charge in [0.25, 0.3) is 0 Å². The van der Waals surface area contributed by atoms with E-state index in [9.17, 15) is 4.39 Å². The average molecular weight is 232 g/mol. The van der Waals surface area contributed by atoms with Crippen LogP contribution in [0.15, 0.2) is 48.8 Å². The van der Waals surface area contributed by atoms with E-state index in [4.69, 9.17) is 5.11 Å². The highest BCUT2D eigenvalue weighted by Gasteiger charge is 1.96. The molecule has 2 rings (SSSR count). The minimum absolute atomic E-state index is 0.535. The maximum absolute atomic E-state index is 12.8. The minimum atomic E-state index is -0.559. The van der Waals surface area contributed by atoms with Gasteiger partial charge in [0.2, 0.25) is 0 Å². The second kappa shape index (κ2) is 5.41. The number of hydrogen-bond donors (Lipinski definition) is 1. The summed E-state index contributed by atoms with van der Waals surface area (Å²) in [6, 6.07) is 7.50. The molecule has 1 aromatic carbocycles. The van der Waals surface area contributed by atoms with Crippen LogP contribution in [-0.2, 0) is 6.54 Å². The quantitative estimate of drug-likeness (QED) is 0.877. The largest absolute Gasteiger partial charge is 0.389 e. The Bertz CT molecular complexity index is 489. The van der Waals surface area contributed by atoms with Gasteiger partial charge in [-0.3, -0.25) is 0 Å². The van der Waals surface area contributed by atoms with Gasteiger partial charge >= 0.3 is 0 Å². The lowest BCUT2D eigenvalue weighted by Gasteiger charge is -2.03. The molecule has 0 unspecified atom stereocenters. The summed E-state index contributed by atoms with van der Waals surface area (Å²) in [4.78, 5) is 3.96. The highest BCUT2D eigenvalue weighted by atomic mass is 19.1. The second-order valence-electron chi connectivity index (χ2n) is 3.73. The van der Waals surface area contributed by atoms with Crippen molar-refractivity contribution in [1.82, 2.24) is 9.55 Å². The molecule has 0 bridgehead atoms. The molecule has 17 heavy (non-hydrogen) atoms. The van der Waals surface area contributed by atoms with E-state index in [1.54, 1.807) is 12.5 Å². The number of nitrogens with zero attached hydrogens (tertiary/aromatic N) is 2. The van der Waals surface area contributed by atoms with Crippen molar-refractivity contribution in [3.63, 3.8) is 0 Å². The van der Waals surface area contributed by atoms with Gasteiger partial charge in [0.05, 0.1) is 12.9 Å². The first-order chi connectivity index (χ1) is 8.28. The Hall–Kier alpha value is -1.94. The van der Waals surface area contributed by atoms with Crippen molar-refractivity contribution in [2.75, 3.05) is 6.61 Å². The van der Waals surface area contributed by atoms with Crippen molar-refractivity contribution < 1.29 is 9.50 Å². The molecular weight excluding hydrogens is 219 g/mol. The molecule has 0 spiro atoms. The Balaban J connectivity index is 2.08. The lowest BCUT2D eigenvalue weighted by atomic mass is 10.1. The third kappa shape index (κ3) is 3.26. The molecular formula is C13H13FN2O. The normalized spacial score (nSPS) is 11.8. The summed E-state index contributed by atoms with van der Waals surface area (Å²) in [6.45, 7) is 0.184. The molecule has 0 radical (unpaired) electrons. The SMILES string of the molecule is OC/C(F)=C/c1ccc(Cn2ccnc2)cc1. The van der Waals surface area contributed by atoms with Crippen molar-refractivity contribution >= 4 is 6.08 Å². The Morgan fingerprint density at radius 3 is 2.71 bits per heavy atom. The molecule has 2 aromatic rings. The maximum atomic E-state index is 12.8. The Labute approximate surface area is 98.9 Å². The number of aliphatic hydroxyl groups excluding tert-OH is 1. The van der Waals surface area contributed by atoms with Gasteiger partial charge in [0.15, 0.2) is 0 Å². The van der Waals surface area contributed by atoms with E-state index in [0.717, 1.165) is 17.7 Å². The first kappa shape index (κ1) is 11.5. The number of halogens is 1. The van der Waals surface area contributed by atoms with E-state index in [2.05, 4.69) is 4.98 Å². The molecule has 0 aliphatic carbocycles.